The van der Waals surface area contributed by atoms with Crippen molar-refractivity contribution in [3.63, 3.8) is 0 Å². The van der Waals surface area contributed by atoms with Gasteiger partial charge >= 0.3 is 6.09 Å². The fourth-order valence-electron chi connectivity index (χ4n) is 1.71. The van der Waals surface area contributed by atoms with E-state index in [0.29, 0.717) is 5.76 Å². The number of rotatable bonds is 7. The molecule has 0 aliphatic heterocycles. The molecule has 3 amide bonds. The summed E-state index contributed by atoms with van der Waals surface area (Å²) >= 11 is 0. The molecule has 8 heteroatoms. The zero-order valence-corrected chi connectivity index (χ0v) is 14.5. The van der Waals surface area contributed by atoms with Crippen molar-refractivity contribution in [3.8, 4) is 0 Å². The van der Waals surface area contributed by atoms with Gasteiger partial charge in [-0.3, -0.25) is 9.59 Å². The lowest BCUT2D eigenvalue weighted by atomic mass is 10.2. The van der Waals surface area contributed by atoms with Gasteiger partial charge in [0.15, 0.2) is 0 Å². The van der Waals surface area contributed by atoms with Gasteiger partial charge in [-0.2, -0.15) is 0 Å². The molecule has 1 aromatic rings. The monoisotopic (exact) mass is 339 g/mol. The van der Waals surface area contributed by atoms with Crippen LogP contribution in [0.3, 0.4) is 0 Å². The average molecular weight is 339 g/mol. The summed E-state index contributed by atoms with van der Waals surface area (Å²) in [5.41, 5.74) is -0.590. The number of hydrogen-bond donors (Lipinski definition) is 3. The van der Waals surface area contributed by atoms with Gasteiger partial charge in [-0.25, -0.2) is 4.79 Å². The van der Waals surface area contributed by atoms with Crippen molar-refractivity contribution in [3.05, 3.63) is 24.2 Å². The van der Waals surface area contributed by atoms with Crippen LogP contribution in [0.25, 0.3) is 0 Å². The number of hydrogen-bond acceptors (Lipinski definition) is 5. The summed E-state index contributed by atoms with van der Waals surface area (Å²) in [4.78, 5) is 35.0. The van der Waals surface area contributed by atoms with Gasteiger partial charge < -0.3 is 25.1 Å². The van der Waals surface area contributed by atoms with Crippen LogP contribution in [0.1, 0.15) is 39.9 Å². The van der Waals surface area contributed by atoms with E-state index < -0.39 is 17.7 Å². The van der Waals surface area contributed by atoms with E-state index in [1.807, 2.05) is 0 Å². The van der Waals surface area contributed by atoms with Crippen molar-refractivity contribution in [1.82, 2.24) is 16.0 Å². The molecule has 0 saturated heterocycles. The molecule has 1 heterocycles. The van der Waals surface area contributed by atoms with Crippen LogP contribution in [-0.4, -0.2) is 36.1 Å². The Morgan fingerprint density at radius 3 is 2.54 bits per heavy atom. The normalized spacial score (nSPS) is 12.2. The van der Waals surface area contributed by atoms with Gasteiger partial charge in [-0.05, 0) is 39.8 Å². The molecule has 0 saturated carbocycles. The number of furan rings is 1. The summed E-state index contributed by atoms with van der Waals surface area (Å²) in [7, 11) is 0. The first-order valence-corrected chi connectivity index (χ1v) is 7.73. The van der Waals surface area contributed by atoms with Crippen LogP contribution in [0.15, 0.2) is 22.8 Å². The van der Waals surface area contributed by atoms with Crippen LogP contribution in [-0.2, 0) is 20.9 Å². The van der Waals surface area contributed by atoms with E-state index in [-0.39, 0.29) is 31.3 Å². The molecule has 134 valence electrons. The predicted octanol–water partition coefficient (Wildman–Crippen LogP) is 1.32. The number of nitrogens with one attached hydrogen (secondary N) is 3. The maximum Gasteiger partial charge on any atom is 0.407 e. The lowest BCUT2D eigenvalue weighted by Gasteiger charge is -2.19. The van der Waals surface area contributed by atoms with Gasteiger partial charge in [0, 0.05) is 13.0 Å². The third kappa shape index (κ3) is 8.21. The van der Waals surface area contributed by atoms with E-state index in [1.165, 1.54) is 6.26 Å². The Labute approximate surface area is 141 Å². The summed E-state index contributed by atoms with van der Waals surface area (Å²) in [5, 5.41) is 7.69. The quantitative estimate of drug-likeness (QED) is 0.694. The molecule has 1 atom stereocenters. The number of carbonyl (C=O) groups excluding carboxylic acids is 3. The number of amides is 3. The summed E-state index contributed by atoms with van der Waals surface area (Å²) in [6.45, 7) is 7.22. The largest absolute Gasteiger partial charge is 0.467 e. The second kappa shape index (κ2) is 8.95. The van der Waals surface area contributed by atoms with E-state index in [0.717, 1.165) is 0 Å². The third-order valence-electron chi connectivity index (χ3n) is 2.81. The summed E-state index contributed by atoms with van der Waals surface area (Å²) in [6, 6.07) is 2.78. The Morgan fingerprint density at radius 1 is 1.25 bits per heavy atom. The molecular weight excluding hydrogens is 314 g/mol. The minimum absolute atomic E-state index is 0.0506. The lowest BCUT2D eigenvalue weighted by molar-refractivity contribution is -0.128. The minimum atomic E-state index is -0.686. The molecule has 3 N–H and O–H groups in total. The first kappa shape index (κ1) is 19.5. The highest BCUT2D eigenvalue weighted by molar-refractivity contribution is 5.87. The Morgan fingerprint density at radius 2 is 1.96 bits per heavy atom. The molecule has 8 nitrogen and oxygen atoms in total. The average Bonchev–Trinajstić information content (AvgIpc) is 2.95. The van der Waals surface area contributed by atoms with Gasteiger partial charge in [-0.15, -0.1) is 0 Å². The smallest absolute Gasteiger partial charge is 0.407 e. The SMILES string of the molecule is C[C@H](NC(=O)CCNC(=O)OC(C)(C)C)C(=O)NCc1ccco1. The Bertz CT molecular complexity index is 549. The van der Waals surface area contributed by atoms with Crippen molar-refractivity contribution in [2.45, 2.75) is 52.3 Å². The van der Waals surface area contributed by atoms with Gasteiger partial charge in [-0.1, -0.05) is 0 Å². The zero-order chi connectivity index (χ0) is 18.2. The topological polar surface area (TPSA) is 110 Å². The van der Waals surface area contributed by atoms with Crippen LogP contribution in [0.5, 0.6) is 0 Å². The molecule has 0 bridgehead atoms. The number of ether oxygens (including phenoxy) is 1. The fraction of sp³-hybridized carbons (Fsp3) is 0.562. The van der Waals surface area contributed by atoms with Crippen molar-refractivity contribution in [2.75, 3.05) is 6.54 Å². The molecular formula is C16H25N3O5. The highest BCUT2D eigenvalue weighted by Gasteiger charge is 2.17. The molecule has 1 aromatic heterocycles. The molecule has 24 heavy (non-hydrogen) atoms. The minimum Gasteiger partial charge on any atom is -0.467 e. The van der Waals surface area contributed by atoms with Gasteiger partial charge in [0.05, 0.1) is 12.8 Å². The summed E-state index contributed by atoms with van der Waals surface area (Å²) in [5.74, 6) is -0.0324. The molecule has 0 spiro atoms. The molecule has 0 unspecified atom stereocenters. The van der Waals surface area contributed by atoms with E-state index in [4.69, 9.17) is 9.15 Å². The standard InChI is InChI=1S/C16H25N3O5/c1-11(14(21)18-10-12-6-5-9-23-12)19-13(20)7-8-17-15(22)24-16(2,3)4/h5-6,9,11H,7-8,10H2,1-4H3,(H,17,22)(H,18,21)(H,19,20)/t11-/m0/s1. The lowest BCUT2D eigenvalue weighted by Crippen LogP contribution is -2.45. The molecule has 1 rings (SSSR count). The summed E-state index contributed by atoms with van der Waals surface area (Å²) in [6.07, 6.45) is 0.985. The van der Waals surface area contributed by atoms with Gasteiger partial charge in [0.1, 0.15) is 17.4 Å². The van der Waals surface area contributed by atoms with Crippen molar-refractivity contribution >= 4 is 17.9 Å². The van der Waals surface area contributed by atoms with Crippen molar-refractivity contribution < 1.29 is 23.5 Å². The Balaban J connectivity index is 2.21. The maximum absolute atomic E-state index is 11.9. The van der Waals surface area contributed by atoms with Crippen LogP contribution >= 0.6 is 0 Å². The Kier molecular flexibility index (Phi) is 7.29. The van der Waals surface area contributed by atoms with Crippen LogP contribution in [0.4, 0.5) is 4.79 Å². The molecule has 0 fully saturated rings. The fourth-order valence-corrected chi connectivity index (χ4v) is 1.71. The molecule has 0 aromatic carbocycles. The molecule has 0 radical (unpaired) electrons. The van der Waals surface area contributed by atoms with E-state index in [2.05, 4.69) is 16.0 Å². The predicted molar refractivity (Wildman–Crippen MR) is 87.0 cm³/mol. The number of alkyl carbamates (subject to hydrolysis) is 1. The number of carbonyl (C=O) groups is 3. The van der Waals surface area contributed by atoms with Gasteiger partial charge in [0.25, 0.3) is 0 Å². The van der Waals surface area contributed by atoms with Crippen LogP contribution in [0, 0.1) is 0 Å². The van der Waals surface area contributed by atoms with Gasteiger partial charge in [0.2, 0.25) is 11.8 Å². The highest BCUT2D eigenvalue weighted by Crippen LogP contribution is 2.06. The zero-order valence-electron chi connectivity index (χ0n) is 14.5. The van der Waals surface area contributed by atoms with Crippen molar-refractivity contribution in [1.29, 1.82) is 0 Å². The third-order valence-corrected chi connectivity index (χ3v) is 2.81. The second-order valence-corrected chi connectivity index (χ2v) is 6.27. The first-order chi connectivity index (χ1) is 11.2. The summed E-state index contributed by atoms with van der Waals surface area (Å²) < 4.78 is 10.2. The van der Waals surface area contributed by atoms with Crippen molar-refractivity contribution in [2.24, 2.45) is 0 Å². The highest BCUT2D eigenvalue weighted by atomic mass is 16.6. The Hall–Kier alpha value is -2.51. The first-order valence-electron chi connectivity index (χ1n) is 7.73. The van der Waals surface area contributed by atoms with E-state index in [9.17, 15) is 14.4 Å². The maximum atomic E-state index is 11.9. The van der Waals surface area contributed by atoms with E-state index >= 15 is 0 Å². The van der Waals surface area contributed by atoms with Crippen LogP contribution < -0.4 is 16.0 Å². The second-order valence-electron chi connectivity index (χ2n) is 6.27. The van der Waals surface area contributed by atoms with E-state index in [1.54, 1.807) is 39.8 Å². The molecule has 0 aliphatic carbocycles. The van der Waals surface area contributed by atoms with Crippen LogP contribution in [0.2, 0.25) is 0 Å². The molecule has 0 aliphatic rings.